The smallest absolute Gasteiger partial charge is 0.166 e. The summed E-state index contributed by atoms with van der Waals surface area (Å²) < 4.78 is 13.5. The normalized spacial score (nSPS) is 17.9. The Hall–Kier alpha value is -0.870. The van der Waals surface area contributed by atoms with Gasteiger partial charge in [-0.25, -0.2) is 9.37 Å². The van der Waals surface area contributed by atoms with Crippen molar-refractivity contribution in [3.63, 3.8) is 0 Å². The minimum absolute atomic E-state index is 0.147. The maximum absolute atomic E-state index is 13.5. The quantitative estimate of drug-likeness (QED) is 0.899. The van der Waals surface area contributed by atoms with E-state index in [9.17, 15) is 4.39 Å². The van der Waals surface area contributed by atoms with Gasteiger partial charge in [0.15, 0.2) is 11.6 Å². The van der Waals surface area contributed by atoms with Crippen LogP contribution in [0, 0.1) is 5.82 Å². The van der Waals surface area contributed by atoms with Gasteiger partial charge in [-0.05, 0) is 39.4 Å². The summed E-state index contributed by atoms with van der Waals surface area (Å²) in [5.74, 6) is -0.117. The average molecular weight is 258 g/mol. The van der Waals surface area contributed by atoms with E-state index < -0.39 is 5.82 Å². The highest BCUT2D eigenvalue weighted by atomic mass is 35.5. The summed E-state index contributed by atoms with van der Waals surface area (Å²) >= 11 is 5.66. The molecular weight excluding hydrogens is 241 g/mol. The molecule has 1 aromatic rings. The highest BCUT2D eigenvalue weighted by Crippen LogP contribution is 2.36. The number of pyridine rings is 1. The van der Waals surface area contributed by atoms with Gasteiger partial charge in [-0.3, -0.25) is 0 Å². The molecule has 3 nitrogen and oxygen atoms in total. The number of rotatable bonds is 4. The fourth-order valence-corrected chi connectivity index (χ4v) is 2.30. The first-order valence-electron chi connectivity index (χ1n) is 5.76. The van der Waals surface area contributed by atoms with Gasteiger partial charge in [0.25, 0.3) is 0 Å². The number of nitrogens with zero attached hydrogens (tertiary/aromatic N) is 2. The van der Waals surface area contributed by atoms with Crippen molar-refractivity contribution in [3.05, 3.63) is 23.1 Å². The Morgan fingerprint density at radius 3 is 2.71 bits per heavy atom. The van der Waals surface area contributed by atoms with E-state index in [1.165, 1.54) is 18.7 Å². The first-order chi connectivity index (χ1) is 8.03. The first-order valence-corrected chi connectivity index (χ1v) is 6.14. The van der Waals surface area contributed by atoms with Gasteiger partial charge in [0.2, 0.25) is 0 Å². The molecule has 94 valence electrons. The third-order valence-corrected chi connectivity index (χ3v) is 3.83. The molecule has 0 atom stereocenters. The summed E-state index contributed by atoms with van der Waals surface area (Å²) in [5, 5.41) is 3.40. The molecule has 1 aliphatic carbocycles. The highest BCUT2D eigenvalue weighted by molar-refractivity contribution is 6.30. The third kappa shape index (κ3) is 2.53. The van der Waals surface area contributed by atoms with E-state index in [0.29, 0.717) is 11.6 Å². The van der Waals surface area contributed by atoms with Gasteiger partial charge in [-0.15, -0.1) is 0 Å². The van der Waals surface area contributed by atoms with E-state index >= 15 is 0 Å². The Morgan fingerprint density at radius 2 is 2.24 bits per heavy atom. The lowest BCUT2D eigenvalue weighted by atomic mass is 9.75. The summed E-state index contributed by atoms with van der Waals surface area (Å²) in [6.07, 6.45) is 4.97. The number of nitrogens with one attached hydrogen (secondary N) is 1. The summed E-state index contributed by atoms with van der Waals surface area (Å²) in [6, 6.07) is 1.28. The lowest BCUT2D eigenvalue weighted by molar-refractivity contribution is 0.0737. The molecule has 17 heavy (non-hydrogen) atoms. The predicted octanol–water partition coefficient (Wildman–Crippen LogP) is 2.77. The van der Waals surface area contributed by atoms with Crippen molar-refractivity contribution in [2.75, 3.05) is 26.0 Å². The topological polar surface area (TPSA) is 28.2 Å². The number of hydrogen-bond donors (Lipinski definition) is 1. The molecule has 1 heterocycles. The fraction of sp³-hybridized carbons (Fsp3) is 0.583. The minimum atomic E-state index is -0.397. The van der Waals surface area contributed by atoms with Crippen molar-refractivity contribution in [2.45, 2.75) is 24.8 Å². The van der Waals surface area contributed by atoms with Crippen molar-refractivity contribution in [3.8, 4) is 0 Å². The van der Waals surface area contributed by atoms with Crippen molar-refractivity contribution in [1.29, 1.82) is 0 Å². The van der Waals surface area contributed by atoms with Gasteiger partial charge >= 0.3 is 0 Å². The van der Waals surface area contributed by atoms with Gasteiger partial charge in [-0.2, -0.15) is 0 Å². The van der Waals surface area contributed by atoms with E-state index in [1.54, 1.807) is 0 Å². The predicted molar refractivity (Wildman–Crippen MR) is 68.0 cm³/mol. The Kier molecular flexibility index (Phi) is 3.54. The van der Waals surface area contributed by atoms with E-state index in [2.05, 4.69) is 29.3 Å². The third-order valence-electron chi connectivity index (χ3n) is 3.63. The molecule has 1 fully saturated rings. The monoisotopic (exact) mass is 257 g/mol. The maximum atomic E-state index is 13.5. The Morgan fingerprint density at radius 1 is 1.53 bits per heavy atom. The van der Waals surface area contributed by atoms with Crippen molar-refractivity contribution in [2.24, 2.45) is 0 Å². The molecule has 0 aliphatic heterocycles. The number of anilines is 1. The van der Waals surface area contributed by atoms with Crippen LogP contribution in [0.15, 0.2) is 12.3 Å². The van der Waals surface area contributed by atoms with Crippen molar-refractivity contribution in [1.82, 2.24) is 9.88 Å². The molecule has 0 bridgehead atoms. The van der Waals surface area contributed by atoms with Crippen LogP contribution in [0.2, 0.25) is 5.02 Å². The molecular formula is C12H17ClFN3. The molecule has 1 saturated carbocycles. The van der Waals surface area contributed by atoms with Crippen LogP contribution in [0.5, 0.6) is 0 Å². The summed E-state index contributed by atoms with van der Waals surface area (Å²) in [4.78, 5) is 6.17. The van der Waals surface area contributed by atoms with E-state index in [1.807, 2.05) is 0 Å². The van der Waals surface area contributed by atoms with Crippen LogP contribution in [-0.4, -0.2) is 36.1 Å². The van der Waals surface area contributed by atoms with Crippen LogP contribution < -0.4 is 5.32 Å². The average Bonchev–Trinajstić information content (AvgIpc) is 2.18. The largest absolute Gasteiger partial charge is 0.366 e. The van der Waals surface area contributed by atoms with Gasteiger partial charge in [0.1, 0.15) is 0 Å². The molecule has 0 amide bonds. The molecule has 0 saturated heterocycles. The number of aromatic nitrogens is 1. The van der Waals surface area contributed by atoms with Gasteiger partial charge < -0.3 is 10.2 Å². The lowest BCUT2D eigenvalue weighted by Gasteiger charge is -2.47. The number of hydrogen-bond acceptors (Lipinski definition) is 3. The van der Waals surface area contributed by atoms with Crippen molar-refractivity contribution >= 4 is 17.4 Å². The second-order valence-corrected chi connectivity index (χ2v) is 5.25. The van der Waals surface area contributed by atoms with Gasteiger partial charge in [0, 0.05) is 18.3 Å². The molecule has 0 spiro atoms. The van der Waals surface area contributed by atoms with Crippen LogP contribution in [-0.2, 0) is 0 Å². The minimum Gasteiger partial charge on any atom is -0.366 e. The zero-order valence-electron chi connectivity index (χ0n) is 10.1. The van der Waals surface area contributed by atoms with E-state index in [0.717, 1.165) is 12.8 Å². The molecule has 0 unspecified atom stereocenters. The fourth-order valence-electron chi connectivity index (χ4n) is 2.16. The Bertz CT molecular complexity index is 405. The molecule has 1 N–H and O–H groups in total. The molecule has 0 radical (unpaired) electrons. The lowest BCUT2D eigenvalue weighted by Crippen LogP contribution is -2.54. The molecule has 2 rings (SSSR count). The number of likely N-dealkylation sites (N-methyl/N-ethyl adjacent to an activating group) is 1. The second-order valence-electron chi connectivity index (χ2n) is 4.81. The van der Waals surface area contributed by atoms with E-state index in [4.69, 9.17) is 11.6 Å². The second kappa shape index (κ2) is 4.78. The zero-order valence-corrected chi connectivity index (χ0v) is 10.9. The molecule has 5 heteroatoms. The zero-order chi connectivity index (χ0) is 12.5. The van der Waals surface area contributed by atoms with Crippen LogP contribution in [0.25, 0.3) is 0 Å². The standard InChI is InChI=1S/C12H17ClFN3/c1-17(2)12(4-3-5-12)8-16-11-10(14)6-9(13)7-15-11/h6-7H,3-5,8H2,1-2H3,(H,15,16). The van der Waals surface area contributed by atoms with Gasteiger partial charge in [-0.1, -0.05) is 11.6 Å². The maximum Gasteiger partial charge on any atom is 0.166 e. The van der Waals surface area contributed by atoms with E-state index in [-0.39, 0.29) is 11.4 Å². The van der Waals surface area contributed by atoms with Crippen molar-refractivity contribution < 1.29 is 4.39 Å². The van der Waals surface area contributed by atoms with Crippen LogP contribution in [0.4, 0.5) is 10.2 Å². The van der Waals surface area contributed by atoms with Crippen LogP contribution >= 0.6 is 11.6 Å². The molecule has 1 aromatic heterocycles. The van der Waals surface area contributed by atoms with Crippen LogP contribution in [0.3, 0.4) is 0 Å². The Labute approximate surface area is 106 Å². The summed E-state index contributed by atoms with van der Waals surface area (Å²) in [5.41, 5.74) is 0.147. The SMILES string of the molecule is CN(C)C1(CNc2ncc(Cl)cc2F)CCC1. The molecule has 1 aliphatic rings. The summed E-state index contributed by atoms with van der Waals surface area (Å²) in [6.45, 7) is 0.714. The summed E-state index contributed by atoms with van der Waals surface area (Å²) in [7, 11) is 4.12. The number of halogens is 2. The first kappa shape index (κ1) is 12.6. The van der Waals surface area contributed by atoms with Gasteiger partial charge in [0.05, 0.1) is 5.02 Å². The molecule has 0 aromatic carbocycles. The van der Waals surface area contributed by atoms with Crippen LogP contribution in [0.1, 0.15) is 19.3 Å². The Balaban J connectivity index is 2.02. The highest BCUT2D eigenvalue weighted by Gasteiger charge is 2.38.